The maximum absolute atomic E-state index is 12.2. The summed E-state index contributed by atoms with van der Waals surface area (Å²) in [7, 11) is 0. The highest BCUT2D eigenvalue weighted by atomic mass is 16.1. The third kappa shape index (κ3) is 2.52. The summed E-state index contributed by atoms with van der Waals surface area (Å²) in [6.45, 7) is 6.00. The molecule has 0 bridgehead atoms. The summed E-state index contributed by atoms with van der Waals surface area (Å²) < 4.78 is 3.65. The number of nitrogens with zero attached hydrogens (tertiary/aromatic N) is 4. The number of aryl methyl sites for hydroxylation is 1. The summed E-state index contributed by atoms with van der Waals surface area (Å²) in [5.74, 6) is -0.215. The standard InChI is InChI=1S/C15H17N5O/c1-10(2)20-6-4-13(18-20)15(21)17-12-8-11(3)14-16-5-7-19(14)9-12/h4-10H,1-3H3,(H,17,21). The Morgan fingerprint density at radius 3 is 2.86 bits per heavy atom. The first-order valence-electron chi connectivity index (χ1n) is 6.84. The van der Waals surface area contributed by atoms with Crippen molar-refractivity contribution in [1.29, 1.82) is 0 Å². The minimum absolute atomic E-state index is 0.215. The van der Waals surface area contributed by atoms with E-state index in [0.29, 0.717) is 5.69 Å². The number of carbonyl (C=O) groups excluding carboxylic acids is 1. The predicted molar refractivity (Wildman–Crippen MR) is 80.5 cm³/mol. The van der Waals surface area contributed by atoms with Gasteiger partial charge in [0.1, 0.15) is 5.65 Å². The van der Waals surface area contributed by atoms with Crippen molar-refractivity contribution in [3.8, 4) is 0 Å². The number of amides is 1. The van der Waals surface area contributed by atoms with Crippen LogP contribution in [-0.2, 0) is 0 Å². The number of imidazole rings is 1. The van der Waals surface area contributed by atoms with Crippen molar-refractivity contribution in [2.24, 2.45) is 0 Å². The zero-order valence-electron chi connectivity index (χ0n) is 12.2. The third-order valence-electron chi connectivity index (χ3n) is 3.30. The van der Waals surface area contributed by atoms with Crippen molar-refractivity contribution in [2.75, 3.05) is 5.32 Å². The Morgan fingerprint density at radius 2 is 2.14 bits per heavy atom. The van der Waals surface area contributed by atoms with Crippen LogP contribution in [0.4, 0.5) is 5.69 Å². The number of carbonyl (C=O) groups is 1. The molecule has 0 atom stereocenters. The molecule has 3 aromatic heterocycles. The van der Waals surface area contributed by atoms with E-state index in [1.807, 2.05) is 49.8 Å². The fraction of sp³-hybridized carbons (Fsp3) is 0.267. The van der Waals surface area contributed by atoms with Crippen LogP contribution in [-0.4, -0.2) is 25.1 Å². The molecule has 1 amide bonds. The summed E-state index contributed by atoms with van der Waals surface area (Å²) in [5.41, 5.74) is 3.02. The molecule has 0 fully saturated rings. The van der Waals surface area contributed by atoms with Crippen LogP contribution in [0, 0.1) is 6.92 Å². The Balaban J connectivity index is 1.85. The number of hydrogen-bond donors (Lipinski definition) is 1. The van der Waals surface area contributed by atoms with Gasteiger partial charge in [-0.25, -0.2) is 4.98 Å². The van der Waals surface area contributed by atoms with E-state index < -0.39 is 0 Å². The van der Waals surface area contributed by atoms with Gasteiger partial charge < -0.3 is 9.72 Å². The lowest BCUT2D eigenvalue weighted by Crippen LogP contribution is -2.14. The maximum Gasteiger partial charge on any atom is 0.276 e. The Kier molecular flexibility index (Phi) is 3.21. The lowest BCUT2D eigenvalue weighted by Gasteiger charge is -2.07. The molecule has 6 heteroatoms. The molecule has 21 heavy (non-hydrogen) atoms. The highest BCUT2D eigenvalue weighted by molar-refractivity contribution is 6.02. The number of fused-ring (bicyclic) bond motifs is 1. The van der Waals surface area contributed by atoms with Crippen LogP contribution < -0.4 is 5.32 Å². The minimum atomic E-state index is -0.215. The van der Waals surface area contributed by atoms with E-state index in [-0.39, 0.29) is 11.9 Å². The van der Waals surface area contributed by atoms with Gasteiger partial charge in [0, 0.05) is 30.8 Å². The van der Waals surface area contributed by atoms with Crippen molar-refractivity contribution >= 4 is 17.2 Å². The molecule has 3 heterocycles. The van der Waals surface area contributed by atoms with Crippen LogP contribution >= 0.6 is 0 Å². The largest absolute Gasteiger partial charge is 0.319 e. The van der Waals surface area contributed by atoms with Crippen molar-refractivity contribution in [1.82, 2.24) is 19.2 Å². The van der Waals surface area contributed by atoms with E-state index in [9.17, 15) is 4.79 Å². The van der Waals surface area contributed by atoms with Gasteiger partial charge in [-0.15, -0.1) is 0 Å². The fourth-order valence-corrected chi connectivity index (χ4v) is 2.22. The fourth-order valence-electron chi connectivity index (χ4n) is 2.22. The van der Waals surface area contributed by atoms with Crippen molar-refractivity contribution in [2.45, 2.75) is 26.8 Å². The average Bonchev–Trinajstić information content (AvgIpc) is 3.07. The molecule has 1 N–H and O–H groups in total. The molecular weight excluding hydrogens is 266 g/mol. The molecule has 0 radical (unpaired) electrons. The van der Waals surface area contributed by atoms with Gasteiger partial charge in [-0.2, -0.15) is 5.10 Å². The molecule has 0 saturated heterocycles. The normalized spacial score (nSPS) is 11.2. The molecule has 0 aliphatic rings. The van der Waals surface area contributed by atoms with E-state index in [1.165, 1.54) is 0 Å². The van der Waals surface area contributed by atoms with Crippen LogP contribution in [0.25, 0.3) is 5.65 Å². The molecule has 0 aliphatic carbocycles. The second kappa shape index (κ2) is 5.05. The minimum Gasteiger partial charge on any atom is -0.319 e. The molecule has 0 aromatic carbocycles. The first kappa shape index (κ1) is 13.4. The van der Waals surface area contributed by atoms with Gasteiger partial charge in [0.2, 0.25) is 0 Å². The highest BCUT2D eigenvalue weighted by Crippen LogP contribution is 2.16. The zero-order valence-corrected chi connectivity index (χ0v) is 12.2. The molecule has 0 unspecified atom stereocenters. The molecular formula is C15H17N5O. The monoisotopic (exact) mass is 283 g/mol. The maximum atomic E-state index is 12.2. The molecule has 0 saturated carbocycles. The van der Waals surface area contributed by atoms with Crippen LogP contribution in [0.3, 0.4) is 0 Å². The third-order valence-corrected chi connectivity index (χ3v) is 3.30. The smallest absolute Gasteiger partial charge is 0.276 e. The van der Waals surface area contributed by atoms with Gasteiger partial charge in [0.05, 0.1) is 5.69 Å². The number of hydrogen-bond acceptors (Lipinski definition) is 3. The van der Waals surface area contributed by atoms with Gasteiger partial charge in [0.25, 0.3) is 5.91 Å². The van der Waals surface area contributed by atoms with E-state index in [2.05, 4.69) is 15.4 Å². The van der Waals surface area contributed by atoms with Crippen LogP contribution in [0.1, 0.15) is 35.9 Å². The van der Waals surface area contributed by atoms with E-state index >= 15 is 0 Å². The van der Waals surface area contributed by atoms with Crippen LogP contribution in [0.15, 0.2) is 36.9 Å². The lowest BCUT2D eigenvalue weighted by atomic mass is 10.2. The van der Waals surface area contributed by atoms with Gasteiger partial charge in [-0.1, -0.05) is 0 Å². The number of anilines is 1. The predicted octanol–water partition coefficient (Wildman–Crippen LogP) is 2.67. The zero-order chi connectivity index (χ0) is 15.0. The van der Waals surface area contributed by atoms with Crippen molar-refractivity contribution < 1.29 is 4.79 Å². The molecule has 0 aliphatic heterocycles. The first-order chi connectivity index (χ1) is 10.0. The van der Waals surface area contributed by atoms with Gasteiger partial charge >= 0.3 is 0 Å². The molecule has 108 valence electrons. The first-order valence-corrected chi connectivity index (χ1v) is 6.84. The van der Waals surface area contributed by atoms with Crippen LogP contribution in [0.5, 0.6) is 0 Å². The number of nitrogens with one attached hydrogen (secondary N) is 1. The second-order valence-electron chi connectivity index (χ2n) is 5.30. The SMILES string of the molecule is Cc1cc(NC(=O)c2ccn(C(C)C)n2)cn2ccnc12. The number of pyridine rings is 1. The summed E-state index contributed by atoms with van der Waals surface area (Å²) in [4.78, 5) is 16.5. The van der Waals surface area contributed by atoms with Gasteiger partial charge in [0.15, 0.2) is 5.69 Å². The Hall–Kier alpha value is -2.63. The Morgan fingerprint density at radius 1 is 1.33 bits per heavy atom. The quantitative estimate of drug-likeness (QED) is 0.803. The summed E-state index contributed by atoms with van der Waals surface area (Å²) in [5, 5.41) is 7.14. The second-order valence-corrected chi connectivity index (χ2v) is 5.30. The molecule has 3 rings (SSSR count). The number of aromatic nitrogens is 4. The number of rotatable bonds is 3. The summed E-state index contributed by atoms with van der Waals surface area (Å²) in [6.07, 6.45) is 7.24. The van der Waals surface area contributed by atoms with Crippen molar-refractivity contribution in [3.05, 3.63) is 48.2 Å². The van der Waals surface area contributed by atoms with E-state index in [0.717, 1.165) is 16.9 Å². The van der Waals surface area contributed by atoms with Crippen LogP contribution in [0.2, 0.25) is 0 Å². The lowest BCUT2D eigenvalue weighted by molar-refractivity contribution is 0.102. The highest BCUT2D eigenvalue weighted by Gasteiger charge is 2.12. The summed E-state index contributed by atoms with van der Waals surface area (Å²) in [6, 6.07) is 3.86. The Labute approximate surface area is 122 Å². The van der Waals surface area contributed by atoms with Gasteiger partial charge in [-0.05, 0) is 38.5 Å². The average molecular weight is 283 g/mol. The molecule has 0 spiro atoms. The molecule has 3 aromatic rings. The molecule has 6 nitrogen and oxygen atoms in total. The van der Waals surface area contributed by atoms with Crippen molar-refractivity contribution in [3.63, 3.8) is 0 Å². The van der Waals surface area contributed by atoms with Gasteiger partial charge in [-0.3, -0.25) is 9.48 Å². The summed E-state index contributed by atoms with van der Waals surface area (Å²) >= 11 is 0. The topological polar surface area (TPSA) is 64.2 Å². The van der Waals surface area contributed by atoms with E-state index in [1.54, 1.807) is 16.9 Å². The van der Waals surface area contributed by atoms with E-state index in [4.69, 9.17) is 0 Å². The Bertz CT molecular complexity index is 799.